The fourth-order valence-electron chi connectivity index (χ4n) is 2.87. The molecule has 1 aliphatic rings. The average Bonchev–Trinajstić information content (AvgIpc) is 3.22. The van der Waals surface area contributed by atoms with Gasteiger partial charge in [-0.15, -0.1) is 11.3 Å². The molecule has 0 bridgehead atoms. The standard InChI is InChI=1S/C16H18ClF3N4OS/c1-2-3-6-21-15(25)13-12(17)14-22-9(10-5-4-7-26-10)8-11(16(18,19)20)24(14)23-13/h4-5,7,9,11,22H,2-3,6,8H2,1H3,(H,21,25)/t9-,11+/m0/s1. The molecule has 2 aromatic heterocycles. The maximum absolute atomic E-state index is 13.6. The minimum Gasteiger partial charge on any atom is -0.361 e. The smallest absolute Gasteiger partial charge is 0.361 e. The number of carbonyl (C=O) groups excluding carboxylic acids is 1. The zero-order valence-corrected chi connectivity index (χ0v) is 15.5. The van der Waals surface area contributed by atoms with Gasteiger partial charge in [0.1, 0.15) is 10.8 Å². The van der Waals surface area contributed by atoms with Crippen LogP contribution in [0.3, 0.4) is 0 Å². The predicted molar refractivity (Wildman–Crippen MR) is 94.9 cm³/mol. The summed E-state index contributed by atoms with van der Waals surface area (Å²) < 4.78 is 41.6. The van der Waals surface area contributed by atoms with Gasteiger partial charge in [-0.25, -0.2) is 4.68 Å². The summed E-state index contributed by atoms with van der Waals surface area (Å²) in [7, 11) is 0. The van der Waals surface area contributed by atoms with Crippen LogP contribution in [-0.4, -0.2) is 28.4 Å². The van der Waals surface area contributed by atoms with E-state index in [0.717, 1.165) is 22.4 Å². The number of hydrogen-bond donors (Lipinski definition) is 2. The molecule has 10 heteroatoms. The molecule has 5 nitrogen and oxygen atoms in total. The van der Waals surface area contributed by atoms with Crippen molar-refractivity contribution in [3.63, 3.8) is 0 Å². The molecule has 2 atom stereocenters. The van der Waals surface area contributed by atoms with Gasteiger partial charge in [-0.3, -0.25) is 4.79 Å². The van der Waals surface area contributed by atoms with E-state index < -0.39 is 24.2 Å². The van der Waals surface area contributed by atoms with Crippen LogP contribution in [-0.2, 0) is 0 Å². The lowest BCUT2D eigenvalue weighted by Crippen LogP contribution is -2.35. The lowest BCUT2D eigenvalue weighted by molar-refractivity contribution is -0.173. The highest BCUT2D eigenvalue weighted by molar-refractivity contribution is 7.10. The number of nitrogens with zero attached hydrogens (tertiary/aromatic N) is 2. The molecular weight excluding hydrogens is 389 g/mol. The van der Waals surface area contributed by atoms with Gasteiger partial charge in [0.25, 0.3) is 5.91 Å². The van der Waals surface area contributed by atoms with Crippen molar-refractivity contribution in [2.24, 2.45) is 0 Å². The summed E-state index contributed by atoms with van der Waals surface area (Å²) in [6.07, 6.45) is -3.07. The van der Waals surface area contributed by atoms with E-state index in [4.69, 9.17) is 11.6 Å². The number of amides is 1. The quantitative estimate of drug-likeness (QED) is 0.702. The van der Waals surface area contributed by atoms with Crippen molar-refractivity contribution in [2.75, 3.05) is 11.9 Å². The summed E-state index contributed by atoms with van der Waals surface area (Å²) in [5.41, 5.74) is -0.189. The molecule has 1 aliphatic heterocycles. The number of thiophene rings is 1. The Morgan fingerprint density at radius 2 is 2.31 bits per heavy atom. The summed E-state index contributed by atoms with van der Waals surface area (Å²) in [5.74, 6) is -0.542. The Kier molecular flexibility index (Phi) is 5.47. The number of anilines is 1. The molecule has 1 amide bonds. The molecule has 3 heterocycles. The second kappa shape index (κ2) is 7.48. The van der Waals surface area contributed by atoms with Crippen LogP contribution < -0.4 is 10.6 Å². The van der Waals surface area contributed by atoms with Gasteiger partial charge in [0.15, 0.2) is 11.7 Å². The topological polar surface area (TPSA) is 59.0 Å². The first-order chi connectivity index (χ1) is 12.3. The molecule has 142 valence electrons. The minimum absolute atomic E-state index is 0.0271. The van der Waals surface area contributed by atoms with Crippen LogP contribution in [0.5, 0.6) is 0 Å². The first-order valence-corrected chi connectivity index (χ1v) is 9.51. The fraction of sp³-hybridized carbons (Fsp3) is 0.500. The largest absolute Gasteiger partial charge is 0.410 e. The van der Waals surface area contributed by atoms with Crippen LogP contribution >= 0.6 is 22.9 Å². The van der Waals surface area contributed by atoms with Crippen molar-refractivity contribution < 1.29 is 18.0 Å². The first kappa shape index (κ1) is 19.0. The van der Waals surface area contributed by atoms with E-state index in [1.54, 1.807) is 17.5 Å². The molecule has 0 spiro atoms. The highest BCUT2D eigenvalue weighted by Gasteiger charge is 2.48. The SMILES string of the molecule is CCCCNC(=O)c1nn2c(c1Cl)N[C@H](c1cccs1)C[C@@H]2C(F)(F)F. The van der Waals surface area contributed by atoms with E-state index in [1.165, 1.54) is 11.3 Å². The van der Waals surface area contributed by atoms with Gasteiger partial charge in [-0.05, 0) is 17.9 Å². The number of halogens is 4. The first-order valence-electron chi connectivity index (χ1n) is 8.25. The van der Waals surface area contributed by atoms with E-state index in [2.05, 4.69) is 15.7 Å². The van der Waals surface area contributed by atoms with Crippen molar-refractivity contribution >= 4 is 34.7 Å². The molecule has 0 radical (unpaired) electrons. The number of aromatic nitrogens is 2. The summed E-state index contributed by atoms with van der Waals surface area (Å²) in [6, 6.07) is 1.17. The van der Waals surface area contributed by atoms with Gasteiger partial charge in [-0.1, -0.05) is 31.0 Å². The van der Waals surface area contributed by atoms with Gasteiger partial charge >= 0.3 is 6.18 Å². The Labute approximate surface area is 157 Å². The molecule has 0 aliphatic carbocycles. The normalized spacial score (nSPS) is 19.7. The zero-order chi connectivity index (χ0) is 18.9. The Bertz CT molecular complexity index is 775. The van der Waals surface area contributed by atoms with Crippen molar-refractivity contribution in [3.05, 3.63) is 33.1 Å². The second-order valence-electron chi connectivity index (χ2n) is 6.07. The van der Waals surface area contributed by atoms with Crippen LogP contribution in [0.25, 0.3) is 0 Å². The Morgan fingerprint density at radius 1 is 1.54 bits per heavy atom. The summed E-state index contributed by atoms with van der Waals surface area (Å²) in [4.78, 5) is 13.0. The molecule has 2 N–H and O–H groups in total. The van der Waals surface area contributed by atoms with Crippen molar-refractivity contribution in [1.82, 2.24) is 15.1 Å². The molecule has 0 unspecified atom stereocenters. The van der Waals surface area contributed by atoms with E-state index in [0.29, 0.717) is 6.54 Å². The molecule has 26 heavy (non-hydrogen) atoms. The highest BCUT2D eigenvalue weighted by atomic mass is 35.5. The number of unbranched alkanes of at least 4 members (excludes halogenated alkanes) is 1. The lowest BCUT2D eigenvalue weighted by atomic mass is 10.0. The molecule has 0 aromatic carbocycles. The summed E-state index contributed by atoms with van der Waals surface area (Å²) in [5, 5.41) is 11.3. The highest BCUT2D eigenvalue weighted by Crippen LogP contribution is 2.46. The van der Waals surface area contributed by atoms with Crippen LogP contribution in [0, 0.1) is 0 Å². The maximum Gasteiger partial charge on any atom is 0.410 e. The number of rotatable bonds is 5. The van der Waals surface area contributed by atoms with E-state index in [-0.39, 0.29) is 23.0 Å². The molecular formula is C16H18ClF3N4OS. The maximum atomic E-state index is 13.6. The summed E-state index contributed by atoms with van der Waals surface area (Å²) >= 11 is 7.59. The van der Waals surface area contributed by atoms with Crippen LogP contribution in [0.2, 0.25) is 5.02 Å². The van der Waals surface area contributed by atoms with Gasteiger partial charge in [-0.2, -0.15) is 18.3 Å². The van der Waals surface area contributed by atoms with E-state index in [9.17, 15) is 18.0 Å². The van der Waals surface area contributed by atoms with Crippen molar-refractivity contribution in [1.29, 1.82) is 0 Å². The third-order valence-corrected chi connectivity index (χ3v) is 5.56. The second-order valence-corrected chi connectivity index (χ2v) is 7.43. The molecule has 0 fully saturated rings. The van der Waals surface area contributed by atoms with Crippen LogP contribution in [0.1, 0.15) is 53.6 Å². The van der Waals surface area contributed by atoms with Crippen LogP contribution in [0.4, 0.5) is 19.0 Å². The predicted octanol–water partition coefficient (Wildman–Crippen LogP) is 4.79. The lowest BCUT2D eigenvalue weighted by Gasteiger charge is -2.32. The molecule has 0 saturated carbocycles. The van der Waals surface area contributed by atoms with Gasteiger partial charge in [0, 0.05) is 17.8 Å². The third kappa shape index (κ3) is 3.68. The number of carbonyl (C=O) groups is 1. The Balaban J connectivity index is 1.95. The number of nitrogens with one attached hydrogen (secondary N) is 2. The molecule has 0 saturated heterocycles. The van der Waals surface area contributed by atoms with Crippen molar-refractivity contribution in [2.45, 2.75) is 44.4 Å². The Morgan fingerprint density at radius 3 is 2.92 bits per heavy atom. The van der Waals surface area contributed by atoms with Crippen LogP contribution in [0.15, 0.2) is 17.5 Å². The minimum atomic E-state index is -4.50. The summed E-state index contributed by atoms with van der Waals surface area (Å²) in [6.45, 7) is 2.39. The van der Waals surface area contributed by atoms with E-state index >= 15 is 0 Å². The number of hydrogen-bond acceptors (Lipinski definition) is 4. The Hall–Kier alpha value is -1.74. The molecule has 3 rings (SSSR count). The van der Waals surface area contributed by atoms with Gasteiger partial charge in [0.05, 0.1) is 6.04 Å². The van der Waals surface area contributed by atoms with E-state index in [1.807, 2.05) is 6.92 Å². The molecule has 2 aromatic rings. The van der Waals surface area contributed by atoms with Gasteiger partial charge in [0.2, 0.25) is 0 Å². The van der Waals surface area contributed by atoms with Crippen molar-refractivity contribution in [3.8, 4) is 0 Å². The number of alkyl halides is 3. The average molecular weight is 407 g/mol. The van der Waals surface area contributed by atoms with Gasteiger partial charge < -0.3 is 10.6 Å². The zero-order valence-electron chi connectivity index (χ0n) is 13.9. The fourth-order valence-corrected chi connectivity index (χ4v) is 3.93. The number of fused-ring (bicyclic) bond motifs is 1. The third-order valence-electron chi connectivity index (χ3n) is 4.21. The monoisotopic (exact) mass is 406 g/mol.